The van der Waals surface area contributed by atoms with Gasteiger partial charge in [0.15, 0.2) is 0 Å². The molecule has 8 aromatic carbocycles. The number of nitrogens with zero attached hydrogens (tertiary/aromatic N) is 1. The summed E-state index contributed by atoms with van der Waals surface area (Å²) in [6.45, 7) is 4.76. The molecule has 1 heteroatoms. The van der Waals surface area contributed by atoms with Crippen LogP contribution in [0.2, 0.25) is 0 Å². The second kappa shape index (κ2) is 12.2. The summed E-state index contributed by atoms with van der Waals surface area (Å²) in [7, 11) is 0. The van der Waals surface area contributed by atoms with E-state index in [1.807, 2.05) is 0 Å². The van der Waals surface area contributed by atoms with Crippen LogP contribution >= 0.6 is 0 Å². The van der Waals surface area contributed by atoms with Crippen LogP contribution in [-0.4, -0.2) is 0 Å². The van der Waals surface area contributed by atoms with E-state index in [0.29, 0.717) is 0 Å². The van der Waals surface area contributed by atoms with Crippen LogP contribution in [-0.2, 0) is 10.8 Å². The molecule has 55 heavy (non-hydrogen) atoms. The number of hydrogen-bond acceptors (Lipinski definition) is 1. The maximum atomic E-state index is 2.52. The molecule has 1 spiro atoms. The Morgan fingerprint density at radius 1 is 0.382 bits per heavy atom. The molecule has 1 nitrogen and oxygen atoms in total. The zero-order valence-corrected chi connectivity index (χ0v) is 31.5. The second-order valence-corrected chi connectivity index (χ2v) is 16.4. The lowest BCUT2D eigenvalue weighted by Crippen LogP contribution is -2.21. The van der Waals surface area contributed by atoms with Gasteiger partial charge < -0.3 is 4.90 Å². The minimum atomic E-state index is -0.0891. The van der Waals surface area contributed by atoms with E-state index < -0.39 is 0 Å². The Kier molecular flexibility index (Phi) is 7.14. The Balaban J connectivity index is 1.04. The Morgan fingerprint density at radius 2 is 0.909 bits per heavy atom. The number of fused-ring (bicyclic) bond motifs is 9. The SMILES string of the molecule is CC1(C)c2ccccc2-c2cccc(-c3ccccc3-c3ccc(N(c4ccc5c(c4)C4(CCCC4)c4ccccc4-5)c4ccc5ccccc5c4)cc3)c21. The summed E-state index contributed by atoms with van der Waals surface area (Å²) in [4.78, 5) is 2.47. The number of rotatable bonds is 5. The van der Waals surface area contributed by atoms with Crippen molar-refractivity contribution in [2.75, 3.05) is 4.90 Å². The van der Waals surface area contributed by atoms with Crippen LogP contribution < -0.4 is 4.90 Å². The maximum Gasteiger partial charge on any atom is 0.0468 e. The van der Waals surface area contributed by atoms with Crippen molar-refractivity contribution >= 4 is 27.8 Å². The number of benzene rings is 8. The molecule has 0 N–H and O–H groups in total. The van der Waals surface area contributed by atoms with Crippen LogP contribution in [0.3, 0.4) is 0 Å². The average Bonchev–Trinajstić information content (AvgIpc) is 3.91. The molecule has 0 atom stereocenters. The van der Waals surface area contributed by atoms with Gasteiger partial charge in [-0.1, -0.05) is 166 Å². The first-order valence-corrected chi connectivity index (χ1v) is 20.0. The highest BCUT2D eigenvalue weighted by molar-refractivity contribution is 5.94. The zero-order valence-electron chi connectivity index (χ0n) is 31.5. The third kappa shape index (κ3) is 4.79. The Morgan fingerprint density at radius 3 is 1.67 bits per heavy atom. The van der Waals surface area contributed by atoms with Crippen molar-refractivity contribution in [3.63, 3.8) is 0 Å². The van der Waals surface area contributed by atoms with Crippen molar-refractivity contribution in [3.8, 4) is 44.5 Å². The molecule has 0 aromatic heterocycles. The molecule has 0 radical (unpaired) electrons. The van der Waals surface area contributed by atoms with Gasteiger partial charge in [-0.05, 0) is 127 Å². The molecular formula is C54H43N. The molecule has 0 amide bonds. The van der Waals surface area contributed by atoms with Gasteiger partial charge in [-0.15, -0.1) is 0 Å². The van der Waals surface area contributed by atoms with E-state index in [1.165, 1.54) is 115 Å². The smallest absolute Gasteiger partial charge is 0.0468 e. The lowest BCUT2D eigenvalue weighted by atomic mass is 9.76. The van der Waals surface area contributed by atoms with E-state index in [0.717, 1.165) is 5.69 Å². The van der Waals surface area contributed by atoms with E-state index in [2.05, 4.69) is 195 Å². The van der Waals surface area contributed by atoms with Crippen LogP contribution in [0.1, 0.15) is 61.8 Å². The molecule has 0 bridgehead atoms. The van der Waals surface area contributed by atoms with Crippen molar-refractivity contribution in [1.82, 2.24) is 0 Å². The molecule has 1 saturated carbocycles. The molecule has 0 heterocycles. The van der Waals surface area contributed by atoms with Gasteiger partial charge >= 0.3 is 0 Å². The molecule has 1 fully saturated rings. The molecule has 0 aliphatic heterocycles. The van der Waals surface area contributed by atoms with Gasteiger partial charge in [0.2, 0.25) is 0 Å². The predicted molar refractivity (Wildman–Crippen MR) is 232 cm³/mol. The third-order valence-corrected chi connectivity index (χ3v) is 13.2. The molecule has 3 aliphatic carbocycles. The third-order valence-electron chi connectivity index (χ3n) is 13.2. The van der Waals surface area contributed by atoms with Crippen molar-refractivity contribution in [1.29, 1.82) is 0 Å². The molecule has 264 valence electrons. The van der Waals surface area contributed by atoms with E-state index >= 15 is 0 Å². The molecule has 11 rings (SSSR count). The lowest BCUT2D eigenvalue weighted by Gasteiger charge is -2.30. The Hall–Kier alpha value is -6.18. The molecule has 0 saturated heterocycles. The van der Waals surface area contributed by atoms with Crippen LogP contribution in [0.25, 0.3) is 55.3 Å². The molecule has 8 aromatic rings. The summed E-state index contributed by atoms with van der Waals surface area (Å²) < 4.78 is 0. The van der Waals surface area contributed by atoms with E-state index in [1.54, 1.807) is 0 Å². The fourth-order valence-electron chi connectivity index (χ4n) is 10.7. The Labute approximate surface area is 324 Å². The lowest BCUT2D eigenvalue weighted by molar-refractivity contribution is 0.550. The van der Waals surface area contributed by atoms with Gasteiger partial charge in [-0.3, -0.25) is 0 Å². The Bertz CT molecular complexity index is 2800. The fraction of sp³-hybridized carbons (Fsp3) is 0.148. The highest BCUT2D eigenvalue weighted by Crippen LogP contribution is 2.58. The summed E-state index contributed by atoms with van der Waals surface area (Å²) in [5.74, 6) is 0. The number of anilines is 3. The van der Waals surface area contributed by atoms with Crippen LogP contribution in [0, 0.1) is 0 Å². The van der Waals surface area contributed by atoms with Gasteiger partial charge in [-0.2, -0.15) is 0 Å². The fourth-order valence-corrected chi connectivity index (χ4v) is 10.7. The largest absolute Gasteiger partial charge is 0.310 e. The first-order chi connectivity index (χ1) is 27.0. The highest BCUT2D eigenvalue weighted by Gasteiger charge is 2.45. The summed E-state index contributed by atoms with van der Waals surface area (Å²) in [6, 6.07) is 66.1. The van der Waals surface area contributed by atoms with E-state index in [-0.39, 0.29) is 10.8 Å². The van der Waals surface area contributed by atoms with Crippen molar-refractivity contribution < 1.29 is 0 Å². The van der Waals surface area contributed by atoms with Gasteiger partial charge in [-0.25, -0.2) is 0 Å². The topological polar surface area (TPSA) is 3.24 Å². The highest BCUT2D eigenvalue weighted by atomic mass is 15.1. The molecule has 0 unspecified atom stereocenters. The maximum absolute atomic E-state index is 2.52. The van der Waals surface area contributed by atoms with Gasteiger partial charge in [0.1, 0.15) is 0 Å². The van der Waals surface area contributed by atoms with Gasteiger partial charge in [0.25, 0.3) is 0 Å². The standard InChI is InChI=1S/C54H43N/c1-53(2)49-22-9-7-19-45(49)48-21-13-20-47(52(48)53)43-17-6-5-16-42(43)37-25-27-39(28-26-37)55(40-29-24-36-14-3-4-15-38(36)34-40)41-30-31-46-44-18-8-10-23-50(44)54(51(46)35-41)32-11-12-33-54/h3-10,13-31,34-35H,11-12,32-33H2,1-2H3. The molecule has 3 aliphatic rings. The normalized spacial score (nSPS) is 15.5. The summed E-state index contributed by atoms with van der Waals surface area (Å²) in [5.41, 5.74) is 20.0. The monoisotopic (exact) mass is 705 g/mol. The van der Waals surface area contributed by atoms with Crippen LogP contribution in [0.5, 0.6) is 0 Å². The van der Waals surface area contributed by atoms with Crippen molar-refractivity contribution in [2.24, 2.45) is 0 Å². The first kappa shape index (κ1) is 32.3. The minimum absolute atomic E-state index is 0.0891. The van der Waals surface area contributed by atoms with E-state index in [4.69, 9.17) is 0 Å². The quantitative estimate of drug-likeness (QED) is 0.172. The van der Waals surface area contributed by atoms with Gasteiger partial charge in [0.05, 0.1) is 0 Å². The second-order valence-electron chi connectivity index (χ2n) is 16.4. The summed E-state index contributed by atoms with van der Waals surface area (Å²) in [6.07, 6.45) is 5.01. The number of hydrogen-bond donors (Lipinski definition) is 0. The zero-order chi connectivity index (χ0) is 36.7. The van der Waals surface area contributed by atoms with Crippen LogP contribution in [0.15, 0.2) is 176 Å². The molecular weight excluding hydrogens is 663 g/mol. The minimum Gasteiger partial charge on any atom is -0.310 e. The van der Waals surface area contributed by atoms with Gasteiger partial charge in [0, 0.05) is 27.9 Å². The van der Waals surface area contributed by atoms with Crippen molar-refractivity contribution in [2.45, 2.75) is 50.4 Å². The first-order valence-electron chi connectivity index (χ1n) is 20.0. The predicted octanol–water partition coefficient (Wildman–Crippen LogP) is 14.8. The summed E-state index contributed by atoms with van der Waals surface area (Å²) >= 11 is 0. The summed E-state index contributed by atoms with van der Waals surface area (Å²) in [5, 5.41) is 2.50. The van der Waals surface area contributed by atoms with Crippen molar-refractivity contribution in [3.05, 3.63) is 198 Å². The van der Waals surface area contributed by atoms with E-state index in [9.17, 15) is 0 Å². The average molecular weight is 706 g/mol. The van der Waals surface area contributed by atoms with Crippen LogP contribution in [0.4, 0.5) is 17.1 Å².